The normalized spacial score (nSPS) is 16.6. The summed E-state index contributed by atoms with van der Waals surface area (Å²) in [6, 6.07) is 21.1. The number of amides is 2. The van der Waals surface area contributed by atoms with Gasteiger partial charge in [-0.25, -0.2) is 4.79 Å². The zero-order chi connectivity index (χ0) is 25.7. The molecule has 0 fully saturated rings. The molecule has 2 amide bonds. The number of hydrogen-bond donors (Lipinski definition) is 1. The molecule has 0 saturated carbocycles. The summed E-state index contributed by atoms with van der Waals surface area (Å²) in [5.41, 5.74) is 4.25. The molecule has 3 aromatic carbocycles. The van der Waals surface area contributed by atoms with Crippen LogP contribution in [0.4, 0.5) is 10.5 Å². The number of nitrogens with zero attached hydrogens (tertiary/aromatic N) is 1. The molecule has 7 nitrogen and oxygen atoms in total. The highest BCUT2D eigenvalue weighted by atomic mass is 16.6. The Morgan fingerprint density at radius 3 is 2.33 bits per heavy atom. The molecule has 2 unspecified atom stereocenters. The van der Waals surface area contributed by atoms with Crippen molar-refractivity contribution in [3.8, 4) is 22.6 Å². The lowest BCUT2D eigenvalue weighted by atomic mass is 9.85. The maximum atomic E-state index is 13.1. The zero-order valence-corrected chi connectivity index (χ0v) is 21.1. The van der Waals surface area contributed by atoms with Crippen molar-refractivity contribution < 1.29 is 23.8 Å². The Morgan fingerprint density at radius 2 is 1.64 bits per heavy atom. The number of ether oxygens (including phenoxy) is 3. The first-order valence-electron chi connectivity index (χ1n) is 12.1. The standard InChI is InChI=1S/C29H32N2O5/c1-5-36-29(33)31-19(2)14-23(24-16-26(34-3)27(35-4)17-25(24)31)18-30-28(32)22-13-9-12-21(15-22)20-10-7-6-8-11-20/h6-13,15-17,19,23H,5,14,18H2,1-4H3,(H,30,32). The van der Waals surface area contributed by atoms with Crippen molar-refractivity contribution in [2.45, 2.75) is 32.2 Å². The second-order valence-corrected chi connectivity index (χ2v) is 8.77. The molecule has 4 rings (SSSR count). The van der Waals surface area contributed by atoms with Crippen molar-refractivity contribution in [1.29, 1.82) is 0 Å². The molecule has 188 valence electrons. The Balaban J connectivity index is 1.59. The predicted octanol–water partition coefficient (Wildman–Crippen LogP) is 5.64. The van der Waals surface area contributed by atoms with Crippen LogP contribution >= 0.6 is 0 Å². The van der Waals surface area contributed by atoms with Gasteiger partial charge in [0, 0.05) is 30.1 Å². The van der Waals surface area contributed by atoms with Gasteiger partial charge >= 0.3 is 6.09 Å². The van der Waals surface area contributed by atoms with E-state index < -0.39 is 6.09 Å². The molecule has 0 aliphatic carbocycles. The average molecular weight is 489 g/mol. The third-order valence-corrected chi connectivity index (χ3v) is 6.50. The fourth-order valence-electron chi connectivity index (χ4n) is 4.75. The number of benzene rings is 3. The van der Waals surface area contributed by atoms with Crippen LogP contribution in [-0.4, -0.2) is 45.4 Å². The highest BCUT2D eigenvalue weighted by Gasteiger charge is 2.36. The second-order valence-electron chi connectivity index (χ2n) is 8.77. The minimum atomic E-state index is -0.404. The lowest BCUT2D eigenvalue weighted by molar-refractivity contribution is 0.0949. The van der Waals surface area contributed by atoms with Gasteiger partial charge < -0.3 is 19.5 Å². The highest BCUT2D eigenvalue weighted by Crippen LogP contribution is 2.44. The van der Waals surface area contributed by atoms with Gasteiger partial charge in [-0.15, -0.1) is 0 Å². The van der Waals surface area contributed by atoms with E-state index in [0.717, 1.165) is 16.7 Å². The molecule has 36 heavy (non-hydrogen) atoms. The van der Waals surface area contributed by atoms with E-state index in [0.29, 0.717) is 35.7 Å². The smallest absolute Gasteiger partial charge is 0.414 e. The van der Waals surface area contributed by atoms with Crippen LogP contribution in [0.2, 0.25) is 0 Å². The van der Waals surface area contributed by atoms with Gasteiger partial charge in [0.1, 0.15) is 0 Å². The Morgan fingerprint density at radius 1 is 0.944 bits per heavy atom. The summed E-state index contributed by atoms with van der Waals surface area (Å²) in [7, 11) is 3.14. The molecule has 0 saturated heterocycles. The number of fused-ring (bicyclic) bond motifs is 1. The van der Waals surface area contributed by atoms with Gasteiger partial charge in [-0.3, -0.25) is 9.69 Å². The quantitative estimate of drug-likeness (QED) is 0.466. The van der Waals surface area contributed by atoms with Crippen molar-refractivity contribution in [3.05, 3.63) is 77.9 Å². The number of anilines is 1. The van der Waals surface area contributed by atoms with Crippen LogP contribution in [0.5, 0.6) is 11.5 Å². The number of hydrogen-bond acceptors (Lipinski definition) is 5. The monoisotopic (exact) mass is 488 g/mol. The number of nitrogens with one attached hydrogen (secondary N) is 1. The van der Waals surface area contributed by atoms with Crippen LogP contribution in [0.15, 0.2) is 66.7 Å². The first-order chi connectivity index (χ1) is 17.5. The van der Waals surface area contributed by atoms with Crippen LogP contribution < -0.4 is 19.7 Å². The third-order valence-electron chi connectivity index (χ3n) is 6.50. The summed E-state index contributed by atoms with van der Waals surface area (Å²) in [6.45, 7) is 4.46. The van der Waals surface area contributed by atoms with Crippen LogP contribution in [0.25, 0.3) is 11.1 Å². The first kappa shape index (κ1) is 25.1. The molecule has 3 aromatic rings. The maximum Gasteiger partial charge on any atom is 0.414 e. The fraction of sp³-hybridized carbons (Fsp3) is 0.310. The van der Waals surface area contributed by atoms with E-state index in [2.05, 4.69) is 5.32 Å². The predicted molar refractivity (Wildman–Crippen MR) is 140 cm³/mol. The summed E-state index contributed by atoms with van der Waals surface area (Å²) in [5, 5.41) is 3.10. The Bertz CT molecular complexity index is 1230. The second kappa shape index (κ2) is 11.2. The molecule has 1 aliphatic rings. The molecule has 0 aromatic heterocycles. The SMILES string of the molecule is CCOC(=O)N1c2cc(OC)c(OC)cc2C(CNC(=O)c2cccc(-c3ccccc3)c2)CC1C. The van der Waals surface area contributed by atoms with Crippen molar-refractivity contribution in [2.75, 3.05) is 32.3 Å². The summed E-state index contributed by atoms with van der Waals surface area (Å²) < 4.78 is 16.3. The van der Waals surface area contributed by atoms with Crippen molar-refractivity contribution in [3.63, 3.8) is 0 Å². The number of methoxy groups -OCH3 is 2. The molecule has 0 bridgehead atoms. The van der Waals surface area contributed by atoms with Crippen LogP contribution in [0, 0.1) is 0 Å². The molecule has 1 aliphatic heterocycles. The van der Waals surface area contributed by atoms with Gasteiger partial charge in [0.15, 0.2) is 11.5 Å². The van der Waals surface area contributed by atoms with Crippen LogP contribution in [0.1, 0.15) is 42.1 Å². The Kier molecular flexibility index (Phi) is 7.78. The summed E-state index contributed by atoms with van der Waals surface area (Å²) >= 11 is 0. The Labute approximate surface area is 212 Å². The van der Waals surface area contributed by atoms with E-state index in [-0.39, 0.29) is 24.5 Å². The largest absolute Gasteiger partial charge is 0.493 e. The van der Waals surface area contributed by atoms with E-state index >= 15 is 0 Å². The number of carbonyl (C=O) groups excluding carboxylic acids is 2. The van der Waals surface area contributed by atoms with E-state index in [1.165, 1.54) is 0 Å². The van der Waals surface area contributed by atoms with E-state index in [9.17, 15) is 9.59 Å². The molecular weight excluding hydrogens is 456 g/mol. The summed E-state index contributed by atoms with van der Waals surface area (Å²) in [4.78, 5) is 27.6. The molecule has 7 heteroatoms. The minimum absolute atomic E-state index is 0.0262. The zero-order valence-electron chi connectivity index (χ0n) is 21.1. The maximum absolute atomic E-state index is 13.1. The number of carbonyl (C=O) groups is 2. The molecule has 1 heterocycles. The van der Waals surface area contributed by atoms with E-state index in [4.69, 9.17) is 14.2 Å². The summed E-state index contributed by atoms with van der Waals surface area (Å²) in [5.74, 6) is 0.929. The molecular formula is C29H32N2O5. The van der Waals surface area contributed by atoms with Gasteiger partial charge in [-0.1, -0.05) is 42.5 Å². The number of rotatable bonds is 7. The lowest BCUT2D eigenvalue weighted by Crippen LogP contribution is -2.45. The van der Waals surface area contributed by atoms with Crippen LogP contribution in [0.3, 0.4) is 0 Å². The molecule has 1 N–H and O–H groups in total. The van der Waals surface area contributed by atoms with Gasteiger partial charge in [0.25, 0.3) is 5.91 Å². The fourth-order valence-corrected chi connectivity index (χ4v) is 4.75. The van der Waals surface area contributed by atoms with Gasteiger partial charge in [0.05, 0.1) is 26.5 Å². The molecule has 0 radical (unpaired) electrons. The first-order valence-corrected chi connectivity index (χ1v) is 12.1. The van der Waals surface area contributed by atoms with Crippen molar-refractivity contribution in [2.24, 2.45) is 0 Å². The van der Waals surface area contributed by atoms with E-state index in [1.807, 2.05) is 67.6 Å². The van der Waals surface area contributed by atoms with Crippen molar-refractivity contribution in [1.82, 2.24) is 5.32 Å². The Hall–Kier alpha value is -4.00. The van der Waals surface area contributed by atoms with Gasteiger partial charge in [0.2, 0.25) is 0 Å². The molecule has 2 atom stereocenters. The lowest BCUT2D eigenvalue weighted by Gasteiger charge is -2.39. The van der Waals surface area contributed by atoms with Gasteiger partial charge in [-0.2, -0.15) is 0 Å². The average Bonchev–Trinajstić information content (AvgIpc) is 2.91. The van der Waals surface area contributed by atoms with Gasteiger partial charge in [-0.05, 0) is 55.2 Å². The summed E-state index contributed by atoms with van der Waals surface area (Å²) in [6.07, 6.45) is 0.254. The minimum Gasteiger partial charge on any atom is -0.493 e. The topological polar surface area (TPSA) is 77.1 Å². The third kappa shape index (κ3) is 5.15. The van der Waals surface area contributed by atoms with E-state index in [1.54, 1.807) is 32.1 Å². The highest BCUT2D eigenvalue weighted by molar-refractivity contribution is 5.95. The van der Waals surface area contributed by atoms with Crippen LogP contribution in [-0.2, 0) is 4.74 Å². The van der Waals surface area contributed by atoms with Crippen molar-refractivity contribution >= 4 is 17.7 Å². The molecule has 0 spiro atoms.